The molecule has 7 fully saturated rings. The molecule has 7 N–H and O–H groups in total. The second kappa shape index (κ2) is 13.7. The molecule has 0 aromatic rings. The normalized spacial score (nSPS) is 58.9. The number of hydrogen-bond donors (Lipinski definition) is 7. The number of hydrogen-bond acceptors (Lipinski definition) is 13. The number of aliphatic hydroxyl groups excluding tert-OH is 7. The fourth-order valence-corrected chi connectivity index (χ4v) is 12.6. The fraction of sp³-hybridized carbons (Fsp3) is 0.949. The minimum absolute atomic E-state index is 0.101. The maximum absolute atomic E-state index is 11.3. The molecule has 4 aliphatic heterocycles. The van der Waals surface area contributed by atoms with Crippen LogP contribution in [0, 0.1) is 46.3 Å². The summed E-state index contributed by atoms with van der Waals surface area (Å²) in [4.78, 5) is 0. The molecule has 13 nitrogen and oxygen atoms in total. The van der Waals surface area contributed by atoms with Crippen LogP contribution in [0.3, 0.4) is 0 Å². The zero-order valence-corrected chi connectivity index (χ0v) is 31.2. The Morgan fingerprint density at radius 2 is 1.60 bits per heavy atom. The van der Waals surface area contributed by atoms with Crippen molar-refractivity contribution in [2.45, 2.75) is 171 Å². The average Bonchev–Trinajstić information content (AvgIpc) is 3.56. The SMILES string of the molecule is C[C@@H]1CC[C@@]2(OC1)O[C@H]1C[C@H]3[C@@H]4CC=C5C[C@@H](O)C[C@@H](O[C@@H]6O[C@H](CO)[C@H](O)[C@H](O)[C@H]6O[C@@H]6O[C@@H](C)[C@H](O)[C@@H](O)[C@H]6O)[C@]5(C)[C@H]4CC[C@]3(C)[C@H]1[C@@H]2C. The van der Waals surface area contributed by atoms with Crippen LogP contribution in [0.5, 0.6) is 0 Å². The van der Waals surface area contributed by atoms with Crippen LogP contribution in [0.4, 0.5) is 0 Å². The lowest BCUT2D eigenvalue weighted by atomic mass is 9.46. The van der Waals surface area contributed by atoms with Crippen LogP contribution >= 0.6 is 0 Å². The van der Waals surface area contributed by atoms with E-state index in [1.165, 1.54) is 6.92 Å². The number of fused-ring (bicyclic) bond motifs is 7. The van der Waals surface area contributed by atoms with Gasteiger partial charge in [-0.2, -0.15) is 0 Å². The Bertz CT molecular complexity index is 1340. The highest BCUT2D eigenvalue weighted by atomic mass is 16.8. The van der Waals surface area contributed by atoms with Crippen LogP contribution in [0.1, 0.15) is 86.0 Å². The van der Waals surface area contributed by atoms with Gasteiger partial charge in [-0.25, -0.2) is 0 Å². The van der Waals surface area contributed by atoms with Crippen LogP contribution in [0.2, 0.25) is 0 Å². The van der Waals surface area contributed by atoms with E-state index in [1.54, 1.807) is 0 Å². The van der Waals surface area contributed by atoms with E-state index in [9.17, 15) is 35.7 Å². The number of rotatable bonds is 5. The van der Waals surface area contributed by atoms with Crippen molar-refractivity contribution in [3.05, 3.63) is 11.6 Å². The van der Waals surface area contributed by atoms with E-state index in [-0.39, 0.29) is 17.4 Å². The Kier molecular flexibility index (Phi) is 10.0. The standard InChI is InChI=1S/C39H62O13/c1-17-8-11-39(47-16-17)18(2)28-25(52-39)14-24-22-7-6-20-12-21(41)13-27(38(20,5)23(22)9-10-37(24,28)4)50-36-34(32(45)30(43)26(15-40)49-36)51-35-33(46)31(44)29(42)19(3)48-35/h6,17-19,21-36,40-46H,7-16H2,1-5H3/t17-,18+,19+,21-,22-,23+,24+,25+,26-,27-,28+,29+,30+,31-,32+,33-,34-,35+,36+,37+,38+,39-/m1/s1. The molecular formula is C39H62O13. The van der Waals surface area contributed by atoms with Gasteiger partial charge in [0.2, 0.25) is 0 Å². The minimum Gasteiger partial charge on any atom is -0.394 e. The Hall–Kier alpha value is -0.780. The highest BCUT2D eigenvalue weighted by molar-refractivity contribution is 5.29. The van der Waals surface area contributed by atoms with Gasteiger partial charge in [0.15, 0.2) is 18.4 Å². The molecule has 4 saturated heterocycles. The first kappa shape index (κ1) is 38.1. The second-order valence-corrected chi connectivity index (χ2v) is 18.3. The smallest absolute Gasteiger partial charge is 0.187 e. The maximum atomic E-state index is 11.3. The van der Waals surface area contributed by atoms with Crippen molar-refractivity contribution >= 4 is 0 Å². The van der Waals surface area contributed by atoms with Crippen molar-refractivity contribution in [3.8, 4) is 0 Å². The van der Waals surface area contributed by atoms with Gasteiger partial charge < -0.3 is 64.2 Å². The summed E-state index contributed by atoms with van der Waals surface area (Å²) in [6.07, 6.45) is -5.95. The molecule has 1 spiro atoms. The van der Waals surface area contributed by atoms with Gasteiger partial charge in [0.1, 0.15) is 42.7 Å². The van der Waals surface area contributed by atoms with Gasteiger partial charge >= 0.3 is 0 Å². The van der Waals surface area contributed by atoms with Crippen LogP contribution in [-0.2, 0) is 28.4 Å². The molecule has 52 heavy (non-hydrogen) atoms. The maximum Gasteiger partial charge on any atom is 0.187 e. The van der Waals surface area contributed by atoms with Gasteiger partial charge in [-0.3, -0.25) is 0 Å². The first-order valence-corrected chi connectivity index (χ1v) is 19.9. The fourth-order valence-electron chi connectivity index (χ4n) is 12.6. The Morgan fingerprint density at radius 1 is 0.827 bits per heavy atom. The largest absolute Gasteiger partial charge is 0.394 e. The van der Waals surface area contributed by atoms with Gasteiger partial charge in [-0.15, -0.1) is 0 Å². The van der Waals surface area contributed by atoms with E-state index in [0.717, 1.165) is 50.7 Å². The van der Waals surface area contributed by atoms with Crippen molar-refractivity contribution in [3.63, 3.8) is 0 Å². The Morgan fingerprint density at radius 3 is 2.31 bits per heavy atom. The predicted octanol–water partition coefficient (Wildman–Crippen LogP) is 1.36. The number of ether oxygens (including phenoxy) is 6. The van der Waals surface area contributed by atoms with Crippen molar-refractivity contribution in [2.75, 3.05) is 13.2 Å². The summed E-state index contributed by atoms with van der Waals surface area (Å²) in [6, 6.07) is 0. The lowest BCUT2D eigenvalue weighted by Gasteiger charge is -2.60. The lowest BCUT2D eigenvalue weighted by Crippen LogP contribution is -2.65. The molecule has 0 aromatic heterocycles. The minimum atomic E-state index is -1.66. The van der Waals surface area contributed by atoms with Gasteiger partial charge in [-0.05, 0) is 80.5 Å². The molecule has 4 heterocycles. The van der Waals surface area contributed by atoms with Crippen LogP contribution in [-0.4, -0.2) is 134 Å². The molecule has 4 aliphatic carbocycles. The third-order valence-corrected chi connectivity index (χ3v) is 15.6. The molecule has 296 valence electrons. The van der Waals surface area contributed by atoms with Gasteiger partial charge in [0.25, 0.3) is 0 Å². The summed E-state index contributed by atoms with van der Waals surface area (Å²) < 4.78 is 38.2. The summed E-state index contributed by atoms with van der Waals surface area (Å²) in [6.45, 7) is 11.0. The monoisotopic (exact) mass is 738 g/mol. The summed E-state index contributed by atoms with van der Waals surface area (Å²) in [5.41, 5.74) is 0.762. The summed E-state index contributed by atoms with van der Waals surface area (Å²) in [5, 5.41) is 74.9. The molecule has 0 aromatic carbocycles. The first-order valence-electron chi connectivity index (χ1n) is 19.9. The number of aliphatic hydroxyl groups is 7. The molecule has 3 saturated carbocycles. The molecule has 8 aliphatic rings. The molecule has 0 unspecified atom stereocenters. The third-order valence-electron chi connectivity index (χ3n) is 15.6. The molecule has 0 bridgehead atoms. The van der Waals surface area contributed by atoms with Crippen molar-refractivity contribution in [1.29, 1.82) is 0 Å². The second-order valence-electron chi connectivity index (χ2n) is 18.3. The quantitative estimate of drug-likeness (QED) is 0.200. The summed E-state index contributed by atoms with van der Waals surface area (Å²) in [7, 11) is 0. The highest BCUT2D eigenvalue weighted by Gasteiger charge is 2.69. The van der Waals surface area contributed by atoms with E-state index in [4.69, 9.17) is 28.4 Å². The molecular weight excluding hydrogens is 676 g/mol. The highest BCUT2D eigenvalue weighted by Crippen LogP contribution is 2.71. The van der Waals surface area contributed by atoms with Crippen molar-refractivity contribution in [2.24, 2.45) is 46.3 Å². The van der Waals surface area contributed by atoms with E-state index < -0.39 is 91.4 Å². The topological polar surface area (TPSA) is 197 Å². The van der Waals surface area contributed by atoms with E-state index in [2.05, 4.69) is 33.8 Å². The third kappa shape index (κ3) is 5.74. The van der Waals surface area contributed by atoms with Crippen LogP contribution in [0.15, 0.2) is 11.6 Å². The van der Waals surface area contributed by atoms with E-state index in [0.29, 0.717) is 42.4 Å². The van der Waals surface area contributed by atoms with Crippen LogP contribution < -0.4 is 0 Å². The van der Waals surface area contributed by atoms with Gasteiger partial charge in [0.05, 0.1) is 37.6 Å². The summed E-state index contributed by atoms with van der Waals surface area (Å²) >= 11 is 0. The zero-order valence-electron chi connectivity index (χ0n) is 31.2. The van der Waals surface area contributed by atoms with E-state index in [1.807, 2.05) is 0 Å². The lowest BCUT2D eigenvalue weighted by molar-refractivity contribution is -0.374. The average molecular weight is 739 g/mol. The predicted molar refractivity (Wildman–Crippen MR) is 183 cm³/mol. The zero-order chi connectivity index (χ0) is 37.1. The molecule has 13 heteroatoms. The summed E-state index contributed by atoms with van der Waals surface area (Å²) in [5.74, 6) is 1.86. The van der Waals surface area contributed by atoms with Crippen molar-refractivity contribution < 1.29 is 64.2 Å². The Balaban J connectivity index is 1.06. The van der Waals surface area contributed by atoms with Crippen molar-refractivity contribution in [1.82, 2.24) is 0 Å². The molecule has 22 atom stereocenters. The first-order chi connectivity index (χ1) is 24.6. The molecule has 0 radical (unpaired) electrons. The van der Waals surface area contributed by atoms with Crippen LogP contribution in [0.25, 0.3) is 0 Å². The Labute approximate surface area is 306 Å². The molecule has 8 rings (SSSR count). The van der Waals surface area contributed by atoms with E-state index >= 15 is 0 Å². The van der Waals surface area contributed by atoms with Gasteiger partial charge in [0, 0.05) is 24.2 Å². The van der Waals surface area contributed by atoms with Gasteiger partial charge in [-0.1, -0.05) is 39.3 Å². The number of allylic oxidation sites excluding steroid dienone is 1. The molecule has 0 amide bonds.